The summed E-state index contributed by atoms with van der Waals surface area (Å²) in [4.78, 5) is 18.1. The molecule has 0 saturated carbocycles. The number of rotatable bonds is 2. The van der Waals surface area contributed by atoms with Crippen LogP contribution >= 0.6 is 0 Å². The fraction of sp³-hybridized carbons (Fsp3) is 0.333. The number of aryl methyl sites for hydroxylation is 1. The van der Waals surface area contributed by atoms with Crippen molar-refractivity contribution in [2.24, 2.45) is 5.73 Å². The van der Waals surface area contributed by atoms with E-state index in [2.05, 4.69) is 9.97 Å². The third-order valence-corrected chi connectivity index (χ3v) is 2.25. The van der Waals surface area contributed by atoms with Gasteiger partial charge in [0.1, 0.15) is 11.3 Å². The summed E-state index contributed by atoms with van der Waals surface area (Å²) in [6.07, 6.45) is 2.67. The standard InChI is InChI=1S/C10H11N3O.C2H6/c1-2-6-5-8(9(11)14)13-10-7(6)3-4-12-10;1-2/h3-5H,2H2,1H3,(H2,11,14)(H,12,13);1-2H3. The number of amides is 1. The van der Waals surface area contributed by atoms with E-state index < -0.39 is 5.91 Å². The molecule has 3 N–H and O–H groups in total. The van der Waals surface area contributed by atoms with E-state index in [1.54, 1.807) is 6.07 Å². The highest BCUT2D eigenvalue weighted by atomic mass is 16.1. The molecule has 86 valence electrons. The number of carbonyl (C=O) groups excluding carboxylic acids is 1. The second kappa shape index (κ2) is 5.30. The summed E-state index contributed by atoms with van der Waals surface area (Å²) in [6.45, 7) is 6.03. The van der Waals surface area contributed by atoms with Crippen LogP contribution in [0.5, 0.6) is 0 Å². The van der Waals surface area contributed by atoms with Crippen molar-refractivity contribution in [3.05, 3.63) is 29.6 Å². The van der Waals surface area contributed by atoms with Crippen LogP contribution in [0.25, 0.3) is 11.0 Å². The summed E-state index contributed by atoms with van der Waals surface area (Å²) in [5.74, 6) is -0.490. The van der Waals surface area contributed by atoms with E-state index >= 15 is 0 Å². The van der Waals surface area contributed by atoms with Crippen molar-refractivity contribution in [3.8, 4) is 0 Å². The molecule has 2 heterocycles. The Morgan fingerprint density at radius 1 is 1.50 bits per heavy atom. The van der Waals surface area contributed by atoms with Gasteiger partial charge in [0.05, 0.1) is 0 Å². The largest absolute Gasteiger partial charge is 0.364 e. The molecule has 0 atom stereocenters. The molecule has 0 aromatic carbocycles. The van der Waals surface area contributed by atoms with Gasteiger partial charge in [0, 0.05) is 11.6 Å². The maximum atomic E-state index is 11.0. The Balaban J connectivity index is 0.000000606. The van der Waals surface area contributed by atoms with Gasteiger partial charge in [-0.25, -0.2) is 4.98 Å². The zero-order valence-electron chi connectivity index (χ0n) is 9.87. The molecule has 4 heteroatoms. The first-order valence-electron chi connectivity index (χ1n) is 5.49. The lowest BCUT2D eigenvalue weighted by Gasteiger charge is -2.01. The third-order valence-electron chi connectivity index (χ3n) is 2.25. The molecule has 0 radical (unpaired) electrons. The van der Waals surface area contributed by atoms with Gasteiger partial charge in [-0.15, -0.1) is 0 Å². The number of fused-ring (bicyclic) bond motifs is 1. The molecule has 16 heavy (non-hydrogen) atoms. The van der Waals surface area contributed by atoms with Crippen LogP contribution in [0.15, 0.2) is 18.3 Å². The van der Waals surface area contributed by atoms with Gasteiger partial charge in [-0.05, 0) is 24.1 Å². The van der Waals surface area contributed by atoms with E-state index in [0.29, 0.717) is 5.69 Å². The van der Waals surface area contributed by atoms with Crippen molar-refractivity contribution in [1.82, 2.24) is 9.97 Å². The SMILES string of the molecule is CC.CCc1cc(C(N)=O)nc2[nH]ccc12. The zero-order valence-corrected chi connectivity index (χ0v) is 9.87. The Labute approximate surface area is 94.9 Å². The molecular formula is C12H17N3O. The Kier molecular flexibility index (Phi) is 4.05. The Morgan fingerprint density at radius 2 is 2.19 bits per heavy atom. The molecule has 0 saturated heterocycles. The minimum Gasteiger partial charge on any atom is -0.364 e. The predicted molar refractivity (Wildman–Crippen MR) is 65.3 cm³/mol. The van der Waals surface area contributed by atoms with Gasteiger partial charge in [-0.3, -0.25) is 4.79 Å². The van der Waals surface area contributed by atoms with Gasteiger partial charge < -0.3 is 10.7 Å². The van der Waals surface area contributed by atoms with Crippen LogP contribution in [0.4, 0.5) is 0 Å². The maximum Gasteiger partial charge on any atom is 0.267 e. The average molecular weight is 219 g/mol. The summed E-state index contributed by atoms with van der Waals surface area (Å²) in [5, 5.41) is 1.05. The van der Waals surface area contributed by atoms with E-state index in [1.807, 2.05) is 33.0 Å². The molecule has 2 aromatic heterocycles. The quantitative estimate of drug-likeness (QED) is 0.813. The number of aromatic amines is 1. The predicted octanol–water partition coefficient (Wildman–Crippen LogP) is 2.25. The molecule has 0 spiro atoms. The van der Waals surface area contributed by atoms with Crippen LogP contribution in [0.2, 0.25) is 0 Å². The molecular weight excluding hydrogens is 202 g/mol. The third kappa shape index (κ3) is 2.21. The number of carbonyl (C=O) groups is 1. The van der Waals surface area contributed by atoms with E-state index in [-0.39, 0.29) is 0 Å². The lowest BCUT2D eigenvalue weighted by atomic mass is 10.1. The van der Waals surface area contributed by atoms with Gasteiger partial charge in [-0.2, -0.15) is 0 Å². The summed E-state index contributed by atoms with van der Waals surface area (Å²) >= 11 is 0. The van der Waals surface area contributed by atoms with Crippen molar-refractivity contribution >= 4 is 16.9 Å². The Hall–Kier alpha value is -1.84. The number of nitrogens with two attached hydrogens (primary N) is 1. The number of hydrogen-bond acceptors (Lipinski definition) is 2. The van der Waals surface area contributed by atoms with Crippen molar-refractivity contribution in [3.63, 3.8) is 0 Å². The van der Waals surface area contributed by atoms with Crippen LogP contribution in [-0.4, -0.2) is 15.9 Å². The summed E-state index contributed by atoms with van der Waals surface area (Å²) in [6, 6.07) is 3.70. The number of hydrogen-bond donors (Lipinski definition) is 2. The number of aromatic nitrogens is 2. The fourth-order valence-corrected chi connectivity index (χ4v) is 1.53. The average Bonchev–Trinajstić information content (AvgIpc) is 2.78. The molecule has 1 amide bonds. The van der Waals surface area contributed by atoms with Crippen LogP contribution in [0.3, 0.4) is 0 Å². The van der Waals surface area contributed by atoms with Crippen molar-refractivity contribution < 1.29 is 4.79 Å². The molecule has 0 unspecified atom stereocenters. The minimum atomic E-state index is -0.490. The number of nitrogens with zero attached hydrogens (tertiary/aromatic N) is 1. The van der Waals surface area contributed by atoms with Crippen molar-refractivity contribution in [1.29, 1.82) is 0 Å². The number of nitrogens with one attached hydrogen (secondary N) is 1. The van der Waals surface area contributed by atoms with Gasteiger partial charge in [0.15, 0.2) is 0 Å². The van der Waals surface area contributed by atoms with Crippen LogP contribution in [0, 0.1) is 0 Å². The first kappa shape index (κ1) is 12.2. The van der Waals surface area contributed by atoms with E-state index in [9.17, 15) is 4.79 Å². The smallest absolute Gasteiger partial charge is 0.267 e. The minimum absolute atomic E-state index is 0.316. The monoisotopic (exact) mass is 219 g/mol. The van der Waals surface area contributed by atoms with Gasteiger partial charge in [-0.1, -0.05) is 20.8 Å². The molecule has 2 aromatic rings. The highest BCUT2D eigenvalue weighted by Crippen LogP contribution is 2.17. The fourth-order valence-electron chi connectivity index (χ4n) is 1.53. The summed E-state index contributed by atoms with van der Waals surface area (Å²) in [5.41, 5.74) is 7.31. The Morgan fingerprint density at radius 3 is 2.75 bits per heavy atom. The topological polar surface area (TPSA) is 71.8 Å². The number of H-pyrrole nitrogens is 1. The lowest BCUT2D eigenvalue weighted by molar-refractivity contribution is 0.0996. The molecule has 0 aliphatic rings. The Bertz CT molecular complexity index is 488. The van der Waals surface area contributed by atoms with Gasteiger partial charge >= 0.3 is 0 Å². The first-order valence-corrected chi connectivity index (χ1v) is 5.49. The highest BCUT2D eigenvalue weighted by molar-refractivity contribution is 5.94. The van der Waals surface area contributed by atoms with Gasteiger partial charge in [0.25, 0.3) is 5.91 Å². The van der Waals surface area contributed by atoms with E-state index in [4.69, 9.17) is 5.73 Å². The molecule has 0 aliphatic heterocycles. The van der Waals surface area contributed by atoms with E-state index in [1.165, 1.54) is 0 Å². The lowest BCUT2D eigenvalue weighted by Crippen LogP contribution is -2.13. The first-order chi connectivity index (χ1) is 7.72. The number of primary amides is 1. The summed E-state index contributed by atoms with van der Waals surface area (Å²) in [7, 11) is 0. The van der Waals surface area contributed by atoms with Crippen molar-refractivity contribution in [2.75, 3.05) is 0 Å². The zero-order chi connectivity index (χ0) is 12.1. The normalized spacial score (nSPS) is 9.69. The van der Waals surface area contributed by atoms with Gasteiger partial charge in [0.2, 0.25) is 0 Å². The van der Waals surface area contributed by atoms with Crippen LogP contribution < -0.4 is 5.73 Å². The van der Waals surface area contributed by atoms with Crippen LogP contribution in [-0.2, 0) is 6.42 Å². The van der Waals surface area contributed by atoms with Crippen LogP contribution in [0.1, 0.15) is 36.8 Å². The highest BCUT2D eigenvalue weighted by Gasteiger charge is 2.08. The molecule has 2 rings (SSSR count). The van der Waals surface area contributed by atoms with E-state index in [0.717, 1.165) is 23.0 Å². The second-order valence-electron chi connectivity index (χ2n) is 3.12. The maximum absolute atomic E-state index is 11.0. The second-order valence-corrected chi connectivity index (χ2v) is 3.12. The molecule has 0 fully saturated rings. The number of pyridine rings is 1. The molecule has 0 aliphatic carbocycles. The molecule has 4 nitrogen and oxygen atoms in total. The summed E-state index contributed by atoms with van der Waals surface area (Å²) < 4.78 is 0. The molecule has 0 bridgehead atoms. The van der Waals surface area contributed by atoms with Crippen molar-refractivity contribution in [2.45, 2.75) is 27.2 Å².